The maximum Gasteiger partial charge on any atom is 0.191 e. The van der Waals surface area contributed by atoms with Crippen LogP contribution in [0.2, 0.25) is 0 Å². The van der Waals surface area contributed by atoms with Crippen molar-refractivity contribution in [1.82, 2.24) is 9.97 Å². The normalized spacial score (nSPS) is 19.9. The SMILES string of the molecule is CCC1CCCCN1c1cc(NN)nc(SC)n1. The van der Waals surface area contributed by atoms with E-state index in [0.29, 0.717) is 11.9 Å². The van der Waals surface area contributed by atoms with E-state index in [4.69, 9.17) is 5.84 Å². The Morgan fingerprint density at radius 1 is 1.50 bits per heavy atom. The molecule has 0 aromatic carbocycles. The molecule has 0 saturated carbocycles. The Balaban J connectivity index is 2.29. The van der Waals surface area contributed by atoms with Gasteiger partial charge in [0.25, 0.3) is 0 Å². The molecule has 1 atom stereocenters. The minimum absolute atomic E-state index is 0.592. The first kappa shape index (κ1) is 13.4. The fourth-order valence-electron chi connectivity index (χ4n) is 2.45. The van der Waals surface area contributed by atoms with Crippen molar-refractivity contribution in [2.24, 2.45) is 5.84 Å². The summed E-state index contributed by atoms with van der Waals surface area (Å²) in [6, 6.07) is 2.53. The van der Waals surface area contributed by atoms with E-state index in [1.165, 1.54) is 19.3 Å². The Bertz CT molecular complexity index is 376. The highest BCUT2D eigenvalue weighted by Gasteiger charge is 2.22. The molecule has 3 N–H and O–H groups in total. The van der Waals surface area contributed by atoms with Gasteiger partial charge in [-0.15, -0.1) is 0 Å². The molecular weight excluding hydrogens is 246 g/mol. The summed E-state index contributed by atoms with van der Waals surface area (Å²) in [5.41, 5.74) is 2.62. The molecule has 0 spiro atoms. The summed E-state index contributed by atoms with van der Waals surface area (Å²) in [7, 11) is 0. The van der Waals surface area contributed by atoms with E-state index in [-0.39, 0.29) is 0 Å². The van der Waals surface area contributed by atoms with Gasteiger partial charge in [-0.1, -0.05) is 18.7 Å². The molecule has 1 aliphatic heterocycles. The van der Waals surface area contributed by atoms with Crippen LogP contribution in [-0.4, -0.2) is 28.8 Å². The third-order valence-corrected chi connectivity index (χ3v) is 3.96. The van der Waals surface area contributed by atoms with Gasteiger partial charge in [0.2, 0.25) is 0 Å². The Morgan fingerprint density at radius 2 is 2.33 bits per heavy atom. The summed E-state index contributed by atoms with van der Waals surface area (Å²) in [6.45, 7) is 3.31. The average molecular weight is 267 g/mol. The molecule has 0 amide bonds. The number of rotatable bonds is 4. The van der Waals surface area contributed by atoms with Crippen LogP contribution in [0.15, 0.2) is 11.2 Å². The summed E-state index contributed by atoms with van der Waals surface area (Å²) < 4.78 is 0. The highest BCUT2D eigenvalue weighted by molar-refractivity contribution is 7.98. The fourth-order valence-corrected chi connectivity index (χ4v) is 2.83. The Labute approximate surface area is 113 Å². The topological polar surface area (TPSA) is 67.1 Å². The van der Waals surface area contributed by atoms with Crippen LogP contribution in [0, 0.1) is 0 Å². The van der Waals surface area contributed by atoms with Gasteiger partial charge in [0.15, 0.2) is 5.16 Å². The smallest absolute Gasteiger partial charge is 0.191 e. The van der Waals surface area contributed by atoms with Gasteiger partial charge >= 0.3 is 0 Å². The molecular formula is C12H21N5S. The van der Waals surface area contributed by atoms with Gasteiger partial charge in [0, 0.05) is 18.7 Å². The molecule has 100 valence electrons. The second kappa shape index (κ2) is 6.24. The quantitative estimate of drug-likeness (QED) is 0.377. The maximum atomic E-state index is 5.47. The third-order valence-electron chi connectivity index (χ3n) is 3.42. The van der Waals surface area contributed by atoms with Crippen LogP contribution in [0.4, 0.5) is 11.6 Å². The summed E-state index contributed by atoms with van der Waals surface area (Å²) in [6.07, 6.45) is 6.94. The number of hydrogen-bond donors (Lipinski definition) is 2. The van der Waals surface area contributed by atoms with Crippen molar-refractivity contribution in [2.45, 2.75) is 43.8 Å². The molecule has 5 nitrogen and oxygen atoms in total. The van der Waals surface area contributed by atoms with E-state index >= 15 is 0 Å². The Kier molecular flexibility index (Phi) is 4.66. The van der Waals surface area contributed by atoms with E-state index in [1.54, 1.807) is 11.8 Å². The van der Waals surface area contributed by atoms with Gasteiger partial charge in [-0.05, 0) is 31.9 Å². The van der Waals surface area contributed by atoms with Crippen LogP contribution in [0.5, 0.6) is 0 Å². The molecule has 6 heteroatoms. The third kappa shape index (κ3) is 2.87. The lowest BCUT2D eigenvalue weighted by Gasteiger charge is -2.36. The lowest BCUT2D eigenvalue weighted by Crippen LogP contribution is -2.39. The number of nitrogens with two attached hydrogens (primary N) is 1. The molecule has 2 rings (SSSR count). The lowest BCUT2D eigenvalue weighted by atomic mass is 10.0. The van der Waals surface area contributed by atoms with E-state index in [0.717, 1.165) is 23.9 Å². The molecule has 1 aromatic heterocycles. The number of thioether (sulfide) groups is 1. The minimum atomic E-state index is 0.592. The van der Waals surface area contributed by atoms with Gasteiger partial charge in [0.1, 0.15) is 11.6 Å². The molecule has 1 unspecified atom stereocenters. The zero-order valence-electron chi connectivity index (χ0n) is 11.0. The maximum absolute atomic E-state index is 5.47. The molecule has 0 radical (unpaired) electrons. The van der Waals surface area contributed by atoms with E-state index in [1.807, 2.05) is 12.3 Å². The fraction of sp³-hybridized carbons (Fsp3) is 0.667. The standard InChI is InChI=1S/C12H21N5S/c1-3-9-6-4-5-7-17(9)11-8-10(16-13)14-12(15-11)18-2/h8-9H,3-7,13H2,1-2H3,(H,14,15,16). The number of nitrogens with zero attached hydrogens (tertiary/aromatic N) is 3. The van der Waals surface area contributed by atoms with Crippen molar-refractivity contribution < 1.29 is 0 Å². The number of nitrogens with one attached hydrogen (secondary N) is 1. The van der Waals surface area contributed by atoms with Crippen LogP contribution in [0.25, 0.3) is 0 Å². The van der Waals surface area contributed by atoms with Crippen molar-refractivity contribution >= 4 is 23.4 Å². The zero-order chi connectivity index (χ0) is 13.0. The Morgan fingerprint density at radius 3 is 3.00 bits per heavy atom. The van der Waals surface area contributed by atoms with Crippen LogP contribution in [0.3, 0.4) is 0 Å². The van der Waals surface area contributed by atoms with Crippen LogP contribution < -0.4 is 16.2 Å². The van der Waals surface area contributed by atoms with E-state index < -0.39 is 0 Å². The van der Waals surface area contributed by atoms with Crippen LogP contribution in [-0.2, 0) is 0 Å². The highest BCUT2D eigenvalue weighted by atomic mass is 32.2. The second-order valence-electron chi connectivity index (χ2n) is 4.49. The van der Waals surface area contributed by atoms with Gasteiger partial charge in [-0.25, -0.2) is 15.8 Å². The van der Waals surface area contributed by atoms with Crippen molar-refractivity contribution in [1.29, 1.82) is 0 Å². The number of piperidine rings is 1. The van der Waals surface area contributed by atoms with E-state index in [9.17, 15) is 0 Å². The predicted octanol–water partition coefficient (Wildman–Crippen LogP) is 2.25. The average Bonchev–Trinajstić information content (AvgIpc) is 2.46. The molecule has 0 aliphatic carbocycles. The highest BCUT2D eigenvalue weighted by Crippen LogP contribution is 2.27. The first-order valence-corrected chi connectivity index (χ1v) is 7.67. The summed E-state index contributed by atoms with van der Waals surface area (Å²) in [4.78, 5) is 11.3. The number of nitrogen functional groups attached to an aromatic ring is 1. The number of hydrogen-bond acceptors (Lipinski definition) is 6. The second-order valence-corrected chi connectivity index (χ2v) is 5.27. The first-order valence-electron chi connectivity index (χ1n) is 6.44. The predicted molar refractivity (Wildman–Crippen MR) is 76.9 cm³/mol. The van der Waals surface area contributed by atoms with Crippen LogP contribution >= 0.6 is 11.8 Å². The van der Waals surface area contributed by atoms with Gasteiger partial charge in [0.05, 0.1) is 0 Å². The summed E-state index contributed by atoms with van der Waals surface area (Å²) in [5, 5.41) is 0.765. The molecule has 1 fully saturated rings. The molecule has 1 aliphatic rings. The van der Waals surface area contributed by atoms with Gasteiger partial charge in [-0.3, -0.25) is 0 Å². The molecule has 18 heavy (non-hydrogen) atoms. The number of anilines is 2. The van der Waals surface area contributed by atoms with Crippen molar-refractivity contribution in [3.8, 4) is 0 Å². The largest absolute Gasteiger partial charge is 0.353 e. The first-order chi connectivity index (χ1) is 8.78. The van der Waals surface area contributed by atoms with Crippen molar-refractivity contribution in [3.05, 3.63) is 6.07 Å². The van der Waals surface area contributed by atoms with Gasteiger partial charge in [-0.2, -0.15) is 0 Å². The van der Waals surface area contributed by atoms with Crippen molar-refractivity contribution in [2.75, 3.05) is 23.1 Å². The Hall–Kier alpha value is -1.01. The molecule has 2 heterocycles. The van der Waals surface area contributed by atoms with Gasteiger partial charge < -0.3 is 10.3 Å². The lowest BCUT2D eigenvalue weighted by molar-refractivity contribution is 0.445. The minimum Gasteiger partial charge on any atom is -0.353 e. The molecule has 1 aromatic rings. The van der Waals surface area contributed by atoms with E-state index in [2.05, 4.69) is 27.2 Å². The molecule has 0 bridgehead atoms. The van der Waals surface area contributed by atoms with Crippen LogP contribution in [0.1, 0.15) is 32.6 Å². The summed E-state index contributed by atoms with van der Waals surface area (Å²) in [5.74, 6) is 7.15. The zero-order valence-corrected chi connectivity index (χ0v) is 11.8. The van der Waals surface area contributed by atoms with Crippen molar-refractivity contribution in [3.63, 3.8) is 0 Å². The number of hydrazine groups is 1. The molecule has 1 saturated heterocycles. The summed E-state index contributed by atoms with van der Waals surface area (Å²) >= 11 is 1.54. The monoisotopic (exact) mass is 267 g/mol. The number of aromatic nitrogens is 2.